The van der Waals surface area contributed by atoms with E-state index in [4.69, 9.17) is 5.73 Å². The molecule has 3 rings (SSSR count). The third-order valence-corrected chi connectivity index (χ3v) is 8.00. The molecule has 0 aliphatic carbocycles. The van der Waals surface area contributed by atoms with E-state index >= 15 is 0 Å². The number of primary amides is 1. The second kappa shape index (κ2) is 18.0. The maximum Gasteiger partial charge on any atom is 0.416 e. The number of hydrogen-bond donors (Lipinski definition) is 7. The monoisotopic (exact) mass is 713 g/mol. The number of amides is 5. The largest absolute Gasteiger partial charge is 0.508 e. The lowest BCUT2D eigenvalue weighted by Crippen LogP contribution is -2.59. The highest BCUT2D eigenvalue weighted by Gasteiger charge is 2.44. The number of phenolic OH excluding ortho intramolecular Hbond substituents is 1. The summed E-state index contributed by atoms with van der Waals surface area (Å²) >= 11 is 0. The number of carbonyl (C=O) groups is 5. The van der Waals surface area contributed by atoms with E-state index in [0.29, 0.717) is 5.56 Å². The molecule has 0 saturated heterocycles. The number of aliphatic hydroxyl groups excluding tert-OH is 1. The van der Waals surface area contributed by atoms with Crippen LogP contribution in [0.1, 0.15) is 49.5 Å². The van der Waals surface area contributed by atoms with Crippen LogP contribution in [-0.4, -0.2) is 76.2 Å². The molecule has 3 aromatic carbocycles. The van der Waals surface area contributed by atoms with Crippen LogP contribution in [0.15, 0.2) is 78.9 Å². The first-order valence-electron chi connectivity index (χ1n) is 16.1. The number of alkyl halides is 3. The van der Waals surface area contributed by atoms with Crippen LogP contribution in [0.2, 0.25) is 0 Å². The summed E-state index contributed by atoms with van der Waals surface area (Å²) < 4.78 is 39.8. The molecular weight excluding hydrogens is 671 g/mol. The zero-order valence-corrected chi connectivity index (χ0v) is 28.2. The number of benzene rings is 3. The summed E-state index contributed by atoms with van der Waals surface area (Å²) in [5, 5.41) is 29.1. The number of halogens is 3. The molecule has 5 atom stereocenters. The minimum absolute atomic E-state index is 0.0552. The molecule has 0 saturated carbocycles. The number of aliphatic hydroxyl groups is 1. The molecule has 0 aromatic heterocycles. The van der Waals surface area contributed by atoms with Gasteiger partial charge in [-0.2, -0.15) is 13.2 Å². The summed E-state index contributed by atoms with van der Waals surface area (Å²) in [6, 6.07) is 16.1. The van der Waals surface area contributed by atoms with Gasteiger partial charge >= 0.3 is 6.18 Å². The van der Waals surface area contributed by atoms with E-state index < -0.39 is 84.7 Å². The molecule has 3 aromatic rings. The van der Waals surface area contributed by atoms with Crippen molar-refractivity contribution in [1.29, 1.82) is 0 Å². The van der Waals surface area contributed by atoms with Gasteiger partial charge in [-0.1, -0.05) is 68.4 Å². The molecule has 8 N–H and O–H groups in total. The Balaban J connectivity index is 1.76. The molecule has 0 heterocycles. The quantitative estimate of drug-likeness (QED) is 0.118. The van der Waals surface area contributed by atoms with Crippen molar-refractivity contribution in [3.63, 3.8) is 0 Å². The molecule has 2 unspecified atom stereocenters. The first-order chi connectivity index (χ1) is 24.0. The van der Waals surface area contributed by atoms with Crippen LogP contribution in [0.4, 0.5) is 13.2 Å². The van der Waals surface area contributed by atoms with Gasteiger partial charge in [-0.25, -0.2) is 0 Å². The van der Waals surface area contributed by atoms with Gasteiger partial charge in [0.1, 0.15) is 23.9 Å². The minimum atomic E-state index is -5.13. The third-order valence-electron chi connectivity index (χ3n) is 8.00. The second-order valence-corrected chi connectivity index (χ2v) is 12.4. The van der Waals surface area contributed by atoms with Gasteiger partial charge in [0.15, 0.2) is 6.10 Å². The van der Waals surface area contributed by atoms with Crippen LogP contribution in [0.25, 0.3) is 11.1 Å². The lowest BCUT2D eigenvalue weighted by molar-refractivity contribution is -0.212. The van der Waals surface area contributed by atoms with Gasteiger partial charge in [0.25, 0.3) is 5.91 Å². The maximum atomic E-state index is 13.6. The first-order valence-corrected chi connectivity index (χ1v) is 16.1. The molecule has 0 aliphatic heterocycles. The lowest BCUT2D eigenvalue weighted by Gasteiger charge is -2.28. The van der Waals surface area contributed by atoms with Gasteiger partial charge in [-0.15, -0.1) is 0 Å². The molecule has 0 aliphatic rings. The first kappa shape index (κ1) is 40.0. The average Bonchev–Trinajstić information content (AvgIpc) is 3.08. The van der Waals surface area contributed by atoms with Crippen LogP contribution in [0, 0.1) is 5.92 Å². The van der Waals surface area contributed by atoms with Crippen LogP contribution in [0.3, 0.4) is 0 Å². The zero-order chi connectivity index (χ0) is 37.9. The van der Waals surface area contributed by atoms with Crippen LogP contribution in [0.5, 0.6) is 5.75 Å². The minimum Gasteiger partial charge on any atom is -0.508 e. The average molecular weight is 714 g/mol. The molecular formula is C36H42F3N5O7. The van der Waals surface area contributed by atoms with Gasteiger partial charge in [0.05, 0.1) is 6.04 Å². The molecule has 0 bridgehead atoms. The topological polar surface area (TPSA) is 200 Å². The Morgan fingerprint density at radius 2 is 1.33 bits per heavy atom. The summed E-state index contributed by atoms with van der Waals surface area (Å²) in [6.45, 7) is 4.56. The Kier molecular flexibility index (Phi) is 14.1. The number of phenols is 1. The Morgan fingerprint density at radius 1 is 0.745 bits per heavy atom. The fourth-order valence-corrected chi connectivity index (χ4v) is 5.06. The van der Waals surface area contributed by atoms with Crippen molar-refractivity contribution < 1.29 is 47.4 Å². The van der Waals surface area contributed by atoms with Gasteiger partial charge in [-0.3, -0.25) is 24.0 Å². The molecule has 0 spiro atoms. The zero-order valence-electron chi connectivity index (χ0n) is 28.2. The molecule has 51 heavy (non-hydrogen) atoms. The van der Waals surface area contributed by atoms with Crippen molar-refractivity contribution in [2.45, 2.75) is 76.5 Å². The molecule has 15 heteroatoms. The van der Waals surface area contributed by atoms with Gasteiger partial charge in [-0.05, 0) is 60.2 Å². The van der Waals surface area contributed by atoms with Gasteiger partial charge < -0.3 is 37.2 Å². The van der Waals surface area contributed by atoms with E-state index in [9.17, 15) is 47.4 Å². The smallest absolute Gasteiger partial charge is 0.416 e. The van der Waals surface area contributed by atoms with Crippen LogP contribution < -0.4 is 27.0 Å². The van der Waals surface area contributed by atoms with Crippen molar-refractivity contribution in [3.8, 4) is 16.9 Å². The normalized spacial score (nSPS) is 14.4. The van der Waals surface area contributed by atoms with Crippen molar-refractivity contribution >= 4 is 29.5 Å². The highest BCUT2D eigenvalue weighted by Crippen LogP contribution is 2.24. The number of nitrogens with two attached hydrogens (primary N) is 1. The Morgan fingerprint density at radius 3 is 1.88 bits per heavy atom. The molecule has 0 fully saturated rings. The fourth-order valence-electron chi connectivity index (χ4n) is 5.06. The Hall–Kier alpha value is -5.44. The van der Waals surface area contributed by atoms with Crippen molar-refractivity contribution in [2.24, 2.45) is 11.7 Å². The van der Waals surface area contributed by atoms with E-state index in [1.165, 1.54) is 31.2 Å². The van der Waals surface area contributed by atoms with E-state index in [1.807, 2.05) is 35.6 Å². The van der Waals surface area contributed by atoms with Crippen molar-refractivity contribution in [3.05, 3.63) is 90.0 Å². The van der Waals surface area contributed by atoms with Gasteiger partial charge in [0.2, 0.25) is 23.6 Å². The lowest BCUT2D eigenvalue weighted by atomic mass is 9.99. The summed E-state index contributed by atoms with van der Waals surface area (Å²) in [4.78, 5) is 64.4. The van der Waals surface area contributed by atoms with Crippen molar-refractivity contribution in [1.82, 2.24) is 21.3 Å². The van der Waals surface area contributed by atoms with Crippen LogP contribution in [-0.2, 0) is 25.6 Å². The fraction of sp³-hybridized carbons (Fsp3) is 0.361. The summed E-state index contributed by atoms with van der Waals surface area (Å²) in [5.74, 6) is -4.72. The Bertz CT molecular complexity index is 1650. The predicted octanol–water partition coefficient (Wildman–Crippen LogP) is 2.72. The predicted molar refractivity (Wildman–Crippen MR) is 182 cm³/mol. The molecule has 274 valence electrons. The third kappa shape index (κ3) is 12.1. The van der Waals surface area contributed by atoms with E-state index in [0.717, 1.165) is 11.1 Å². The molecule has 5 amide bonds. The highest BCUT2D eigenvalue weighted by molar-refractivity contribution is 5.99. The van der Waals surface area contributed by atoms with E-state index in [2.05, 4.69) is 16.0 Å². The number of aromatic hydroxyl groups is 1. The number of carbonyl (C=O) groups excluding carboxylic acids is 5. The summed E-state index contributed by atoms with van der Waals surface area (Å²) in [6.07, 6.45) is -9.47. The number of hydrogen-bond acceptors (Lipinski definition) is 7. The SMILES string of the molecule is CC(C)[C@H](NC(=O)c1ccc(-c2ccccc2)cc1)C(=O)N[C@@H](Cc1ccc(O)cc1)C(=O)N[C@@H](C)C(=O)NC(CCC(N)=O)C(O)C(F)(F)F. The van der Waals surface area contributed by atoms with Crippen molar-refractivity contribution in [2.75, 3.05) is 0 Å². The molecule has 12 nitrogen and oxygen atoms in total. The standard InChI is InChI=1S/C36H42F3N5O7/c1-20(2)30(44-33(49)25-13-11-24(12-14-25)23-7-5-4-6-8-23)35(51)43-28(19-22-9-15-26(45)16-10-22)34(50)41-21(3)32(48)42-27(17-18-29(40)46)31(47)36(37,38)39/h4-16,20-21,27-28,30-31,45,47H,17-19H2,1-3H3,(H2,40,46)(H,41,50)(H,42,48)(H,43,51)(H,44,49)/t21-,27?,28-,30-,31?/m0/s1. The highest BCUT2D eigenvalue weighted by atomic mass is 19.4. The number of nitrogens with one attached hydrogen (secondary N) is 4. The molecule has 0 radical (unpaired) electrons. The summed E-state index contributed by atoms with van der Waals surface area (Å²) in [5.41, 5.74) is 7.65. The van der Waals surface area contributed by atoms with E-state index in [1.54, 1.807) is 38.1 Å². The maximum absolute atomic E-state index is 13.6. The Labute approximate surface area is 293 Å². The second-order valence-electron chi connectivity index (χ2n) is 12.4. The van der Waals surface area contributed by atoms with Crippen LogP contribution >= 0.6 is 0 Å². The number of rotatable bonds is 16. The van der Waals surface area contributed by atoms with E-state index in [-0.39, 0.29) is 17.7 Å². The summed E-state index contributed by atoms with van der Waals surface area (Å²) in [7, 11) is 0. The van der Waals surface area contributed by atoms with Gasteiger partial charge in [0, 0.05) is 18.4 Å².